The number of hydrogen-bond acceptors (Lipinski definition) is 4. The first-order valence-electron chi connectivity index (χ1n) is 6.19. The van der Waals surface area contributed by atoms with Crippen LogP contribution in [0, 0.1) is 0 Å². The second-order valence-corrected chi connectivity index (χ2v) is 7.36. The molecule has 0 radical (unpaired) electrons. The Labute approximate surface area is 114 Å². The van der Waals surface area contributed by atoms with Crippen LogP contribution in [0.1, 0.15) is 43.5 Å². The summed E-state index contributed by atoms with van der Waals surface area (Å²) in [6.07, 6.45) is 6.76. The Kier molecular flexibility index (Phi) is 6.52. The molecule has 1 rings (SSSR count). The summed E-state index contributed by atoms with van der Waals surface area (Å²) >= 11 is 3.76. The Morgan fingerprint density at radius 2 is 2.12 bits per heavy atom. The van der Waals surface area contributed by atoms with Crippen LogP contribution < -0.4 is 5.32 Å². The van der Waals surface area contributed by atoms with Crippen molar-refractivity contribution >= 4 is 23.1 Å². The molecule has 0 bridgehead atoms. The van der Waals surface area contributed by atoms with Crippen LogP contribution in [-0.4, -0.2) is 23.5 Å². The first-order valence-corrected chi connectivity index (χ1v) is 8.40. The quantitative estimate of drug-likeness (QED) is 0.767. The van der Waals surface area contributed by atoms with Gasteiger partial charge in [0.05, 0.1) is 5.01 Å². The van der Waals surface area contributed by atoms with Gasteiger partial charge in [-0.15, -0.1) is 11.3 Å². The van der Waals surface area contributed by atoms with Gasteiger partial charge in [-0.2, -0.15) is 11.8 Å². The van der Waals surface area contributed by atoms with Crippen molar-refractivity contribution in [3.8, 4) is 0 Å². The summed E-state index contributed by atoms with van der Waals surface area (Å²) in [6.45, 7) is 8.72. The van der Waals surface area contributed by atoms with Gasteiger partial charge in [0.1, 0.15) is 0 Å². The summed E-state index contributed by atoms with van der Waals surface area (Å²) < 4.78 is 0. The predicted octanol–water partition coefficient (Wildman–Crippen LogP) is 3.67. The van der Waals surface area contributed by atoms with Gasteiger partial charge >= 0.3 is 0 Å². The monoisotopic (exact) mass is 272 g/mol. The minimum absolute atomic E-state index is 0.182. The van der Waals surface area contributed by atoms with E-state index in [1.807, 2.05) is 29.3 Å². The largest absolute Gasteiger partial charge is 0.312 e. The molecule has 0 fully saturated rings. The molecule has 98 valence electrons. The summed E-state index contributed by atoms with van der Waals surface area (Å²) in [5.41, 5.74) is 0.182. The number of thioether (sulfide) groups is 1. The minimum atomic E-state index is 0.182. The summed E-state index contributed by atoms with van der Waals surface area (Å²) in [4.78, 5) is 5.84. The maximum atomic E-state index is 4.49. The molecule has 17 heavy (non-hydrogen) atoms. The molecule has 0 spiro atoms. The molecule has 0 unspecified atom stereocenters. The maximum absolute atomic E-state index is 4.49. The summed E-state index contributed by atoms with van der Waals surface area (Å²) in [7, 11) is 0. The molecule has 1 heterocycles. The smallest absolute Gasteiger partial charge is 0.0981 e. The van der Waals surface area contributed by atoms with E-state index >= 15 is 0 Å². The minimum Gasteiger partial charge on any atom is -0.312 e. The number of rotatable bonds is 7. The maximum Gasteiger partial charge on any atom is 0.0981 e. The van der Waals surface area contributed by atoms with E-state index in [2.05, 4.69) is 37.3 Å². The molecule has 1 N–H and O–H groups in total. The van der Waals surface area contributed by atoms with Crippen LogP contribution in [0.5, 0.6) is 0 Å². The molecule has 0 aromatic carbocycles. The van der Waals surface area contributed by atoms with E-state index in [-0.39, 0.29) is 5.41 Å². The summed E-state index contributed by atoms with van der Waals surface area (Å²) in [5.74, 6) is 1.27. The highest BCUT2D eigenvalue weighted by Crippen LogP contribution is 2.26. The van der Waals surface area contributed by atoms with Gasteiger partial charge in [-0.3, -0.25) is 0 Å². The molecule has 0 atom stereocenters. The summed E-state index contributed by atoms with van der Waals surface area (Å²) in [6, 6.07) is 0. The second-order valence-electron chi connectivity index (χ2n) is 5.26. The predicted molar refractivity (Wildman–Crippen MR) is 80.1 cm³/mol. The normalized spacial score (nSPS) is 12.0. The molecule has 2 nitrogen and oxygen atoms in total. The molecular weight excluding hydrogens is 248 g/mol. The molecular formula is C13H24N2S2. The van der Waals surface area contributed by atoms with Crippen LogP contribution in [0.15, 0.2) is 6.20 Å². The number of hydrogen-bond donors (Lipinski definition) is 1. The van der Waals surface area contributed by atoms with E-state index in [9.17, 15) is 0 Å². The fourth-order valence-electron chi connectivity index (χ4n) is 1.44. The van der Waals surface area contributed by atoms with Crippen molar-refractivity contribution in [1.82, 2.24) is 10.3 Å². The third-order valence-corrected chi connectivity index (χ3v) is 4.57. The SMILES string of the molecule is CSCCCCNCc1cnc(C(C)(C)C)s1. The summed E-state index contributed by atoms with van der Waals surface area (Å²) in [5, 5.41) is 4.72. The van der Waals surface area contributed by atoms with E-state index in [0.717, 1.165) is 13.1 Å². The third kappa shape index (κ3) is 5.89. The van der Waals surface area contributed by atoms with Gasteiger partial charge in [-0.25, -0.2) is 4.98 Å². The van der Waals surface area contributed by atoms with Crippen LogP contribution in [0.25, 0.3) is 0 Å². The van der Waals surface area contributed by atoms with Crippen molar-refractivity contribution in [1.29, 1.82) is 0 Å². The fourth-order valence-corrected chi connectivity index (χ4v) is 2.88. The Morgan fingerprint density at radius 3 is 2.71 bits per heavy atom. The Morgan fingerprint density at radius 1 is 1.35 bits per heavy atom. The van der Waals surface area contributed by atoms with Crippen molar-refractivity contribution < 1.29 is 0 Å². The standard InChI is InChI=1S/C13H24N2S2/c1-13(2,3)12-15-10-11(17-12)9-14-7-5-6-8-16-4/h10,14H,5-9H2,1-4H3. The molecule has 1 aromatic rings. The van der Waals surface area contributed by atoms with Crippen molar-refractivity contribution in [3.63, 3.8) is 0 Å². The van der Waals surface area contributed by atoms with E-state index < -0.39 is 0 Å². The number of aromatic nitrogens is 1. The first kappa shape index (κ1) is 15.0. The van der Waals surface area contributed by atoms with Crippen LogP contribution in [-0.2, 0) is 12.0 Å². The van der Waals surface area contributed by atoms with Crippen molar-refractivity contribution in [3.05, 3.63) is 16.1 Å². The highest BCUT2D eigenvalue weighted by Gasteiger charge is 2.17. The lowest BCUT2D eigenvalue weighted by molar-refractivity contribution is 0.585. The Hall–Kier alpha value is -0.0600. The van der Waals surface area contributed by atoms with Crippen LogP contribution in [0.2, 0.25) is 0 Å². The molecule has 0 saturated heterocycles. The zero-order valence-corrected chi connectivity index (χ0v) is 13.0. The van der Waals surface area contributed by atoms with Gasteiger partial charge in [-0.1, -0.05) is 20.8 Å². The van der Waals surface area contributed by atoms with Crippen LogP contribution in [0.3, 0.4) is 0 Å². The highest BCUT2D eigenvalue weighted by molar-refractivity contribution is 7.98. The molecule has 0 aliphatic carbocycles. The molecule has 4 heteroatoms. The lowest BCUT2D eigenvalue weighted by Crippen LogP contribution is -2.14. The molecule has 0 saturated carbocycles. The zero-order chi connectivity index (χ0) is 12.7. The van der Waals surface area contributed by atoms with Gasteiger partial charge < -0.3 is 5.32 Å². The van der Waals surface area contributed by atoms with Crippen LogP contribution >= 0.6 is 23.1 Å². The average molecular weight is 272 g/mol. The lowest BCUT2D eigenvalue weighted by atomic mass is 9.98. The third-order valence-electron chi connectivity index (χ3n) is 2.45. The topological polar surface area (TPSA) is 24.9 Å². The van der Waals surface area contributed by atoms with Crippen molar-refractivity contribution in [2.75, 3.05) is 18.6 Å². The van der Waals surface area contributed by atoms with Gasteiger partial charge in [0.15, 0.2) is 0 Å². The van der Waals surface area contributed by atoms with Gasteiger partial charge in [0.2, 0.25) is 0 Å². The van der Waals surface area contributed by atoms with E-state index in [0.29, 0.717) is 0 Å². The molecule has 1 aromatic heterocycles. The number of thiazole rings is 1. The van der Waals surface area contributed by atoms with Crippen molar-refractivity contribution in [2.24, 2.45) is 0 Å². The Bertz CT molecular complexity index is 315. The lowest BCUT2D eigenvalue weighted by Gasteiger charge is -2.13. The number of nitrogens with one attached hydrogen (secondary N) is 1. The molecule has 0 aliphatic heterocycles. The average Bonchev–Trinajstić information content (AvgIpc) is 2.71. The zero-order valence-electron chi connectivity index (χ0n) is 11.4. The number of unbranched alkanes of at least 4 members (excludes halogenated alkanes) is 1. The van der Waals surface area contributed by atoms with Gasteiger partial charge in [0, 0.05) is 23.0 Å². The second kappa shape index (κ2) is 7.39. The van der Waals surface area contributed by atoms with Gasteiger partial charge in [-0.05, 0) is 31.4 Å². The fraction of sp³-hybridized carbons (Fsp3) is 0.769. The first-order chi connectivity index (χ1) is 8.04. The van der Waals surface area contributed by atoms with Crippen molar-refractivity contribution in [2.45, 2.75) is 45.6 Å². The Balaban J connectivity index is 2.21. The highest BCUT2D eigenvalue weighted by atomic mass is 32.2. The molecule has 0 amide bonds. The van der Waals surface area contributed by atoms with E-state index in [1.165, 1.54) is 28.5 Å². The molecule has 0 aliphatic rings. The number of nitrogens with zero attached hydrogens (tertiary/aromatic N) is 1. The van der Waals surface area contributed by atoms with E-state index in [4.69, 9.17) is 0 Å². The van der Waals surface area contributed by atoms with Gasteiger partial charge in [0.25, 0.3) is 0 Å². The van der Waals surface area contributed by atoms with E-state index in [1.54, 1.807) is 0 Å². The van der Waals surface area contributed by atoms with Crippen LogP contribution in [0.4, 0.5) is 0 Å².